The van der Waals surface area contributed by atoms with Gasteiger partial charge in [0.1, 0.15) is 12.2 Å². The fourth-order valence-electron chi connectivity index (χ4n) is 3.18. The van der Waals surface area contributed by atoms with Gasteiger partial charge < -0.3 is 15.2 Å². The van der Waals surface area contributed by atoms with Crippen LogP contribution in [-0.2, 0) is 13.0 Å². The van der Waals surface area contributed by atoms with E-state index in [2.05, 4.69) is 39.2 Å². The Labute approximate surface area is 146 Å². The minimum Gasteiger partial charge on any atom is -0.355 e. The Morgan fingerprint density at radius 3 is 2.83 bits per heavy atom. The van der Waals surface area contributed by atoms with Gasteiger partial charge in [0.05, 0.1) is 0 Å². The third-order valence-electron chi connectivity index (χ3n) is 4.63. The molecule has 6 nitrogen and oxygen atoms in total. The van der Waals surface area contributed by atoms with Gasteiger partial charge in [-0.25, -0.2) is 0 Å². The van der Waals surface area contributed by atoms with E-state index in [1.807, 2.05) is 6.33 Å². The topological polar surface area (TPSA) is 67.1 Å². The van der Waals surface area contributed by atoms with Gasteiger partial charge in [-0.3, -0.25) is 4.99 Å². The highest BCUT2D eigenvalue weighted by molar-refractivity contribution is 5.80. The van der Waals surface area contributed by atoms with Gasteiger partial charge in [-0.15, -0.1) is 10.2 Å². The molecule has 2 rings (SSSR count). The molecular formula is C18H34N6. The minimum atomic E-state index is 0.591. The summed E-state index contributed by atoms with van der Waals surface area (Å²) in [5.74, 6) is 2.02. The molecule has 6 heteroatoms. The molecule has 0 spiro atoms. The molecular weight excluding hydrogens is 300 g/mol. The Morgan fingerprint density at radius 2 is 2.08 bits per heavy atom. The molecule has 0 unspecified atom stereocenters. The van der Waals surface area contributed by atoms with Crippen molar-refractivity contribution >= 4 is 5.96 Å². The van der Waals surface area contributed by atoms with E-state index in [1.165, 1.54) is 51.4 Å². The van der Waals surface area contributed by atoms with E-state index >= 15 is 0 Å². The lowest BCUT2D eigenvalue weighted by Crippen LogP contribution is -2.43. The average Bonchev–Trinajstić information content (AvgIpc) is 3.25. The molecule has 0 radical (unpaired) electrons. The highest BCUT2D eigenvalue weighted by Gasteiger charge is 2.16. The number of hydrogen-bond donors (Lipinski definition) is 2. The van der Waals surface area contributed by atoms with Crippen LogP contribution < -0.4 is 10.6 Å². The number of unbranched alkanes of at least 4 members (excludes halogenated alkanes) is 3. The van der Waals surface area contributed by atoms with Crippen molar-refractivity contribution in [3.05, 3.63) is 12.2 Å². The Kier molecular flexibility index (Phi) is 8.63. The molecule has 136 valence electrons. The molecule has 1 aliphatic carbocycles. The van der Waals surface area contributed by atoms with Gasteiger partial charge in [0.15, 0.2) is 5.96 Å². The Bertz CT molecular complexity index is 476. The first-order valence-corrected chi connectivity index (χ1v) is 9.75. The lowest BCUT2D eigenvalue weighted by Gasteiger charge is -2.17. The van der Waals surface area contributed by atoms with Crippen LogP contribution in [0.2, 0.25) is 0 Å². The van der Waals surface area contributed by atoms with Crippen molar-refractivity contribution in [2.75, 3.05) is 13.1 Å². The second kappa shape index (κ2) is 11.0. The summed E-state index contributed by atoms with van der Waals surface area (Å²) in [6, 6.07) is 0.591. The van der Waals surface area contributed by atoms with Gasteiger partial charge in [0, 0.05) is 32.1 Å². The molecule has 0 saturated heterocycles. The zero-order valence-corrected chi connectivity index (χ0v) is 15.4. The maximum atomic E-state index is 4.77. The lowest BCUT2D eigenvalue weighted by molar-refractivity contribution is 0.590. The summed E-state index contributed by atoms with van der Waals surface area (Å²) in [6.45, 7) is 6.98. The average molecular weight is 335 g/mol. The summed E-state index contributed by atoms with van der Waals surface area (Å²) < 4.78 is 2.11. The van der Waals surface area contributed by atoms with Crippen molar-refractivity contribution in [1.29, 1.82) is 0 Å². The maximum Gasteiger partial charge on any atom is 0.191 e. The van der Waals surface area contributed by atoms with E-state index in [9.17, 15) is 0 Å². The quantitative estimate of drug-likeness (QED) is 0.392. The fraction of sp³-hybridized carbons (Fsp3) is 0.833. The summed E-state index contributed by atoms with van der Waals surface area (Å²) >= 11 is 0. The molecule has 1 fully saturated rings. The summed E-state index contributed by atoms with van der Waals surface area (Å²) in [5.41, 5.74) is 0. The van der Waals surface area contributed by atoms with E-state index < -0.39 is 0 Å². The molecule has 0 amide bonds. The Hall–Kier alpha value is -1.59. The van der Waals surface area contributed by atoms with Gasteiger partial charge >= 0.3 is 0 Å². The van der Waals surface area contributed by atoms with Crippen molar-refractivity contribution in [2.45, 2.75) is 84.2 Å². The van der Waals surface area contributed by atoms with Gasteiger partial charge in [0.25, 0.3) is 0 Å². The van der Waals surface area contributed by atoms with E-state index in [0.717, 1.165) is 37.8 Å². The summed E-state index contributed by atoms with van der Waals surface area (Å²) in [7, 11) is 0. The molecule has 1 aliphatic rings. The van der Waals surface area contributed by atoms with Crippen molar-refractivity contribution in [1.82, 2.24) is 25.4 Å². The number of nitrogens with zero attached hydrogens (tertiary/aromatic N) is 4. The molecule has 1 saturated carbocycles. The molecule has 2 N–H and O–H groups in total. The number of guanidine groups is 1. The molecule has 0 atom stereocenters. The standard InChI is InChI=1S/C18H34N6/c1-3-5-6-9-12-19-18(22-16-10-7-8-11-16)20-13-14-24-15-21-23-17(24)4-2/h15-16H,3-14H2,1-2H3,(H2,19,20,22). The number of aromatic nitrogens is 3. The van der Waals surface area contributed by atoms with Crippen LogP contribution in [-0.4, -0.2) is 39.9 Å². The van der Waals surface area contributed by atoms with Gasteiger partial charge in [0.2, 0.25) is 0 Å². The number of aliphatic imine (C=N–C) groups is 1. The van der Waals surface area contributed by atoms with E-state index in [0.29, 0.717) is 6.04 Å². The Morgan fingerprint density at radius 1 is 1.25 bits per heavy atom. The largest absolute Gasteiger partial charge is 0.355 e. The number of aryl methyl sites for hydroxylation is 1. The van der Waals surface area contributed by atoms with Crippen molar-refractivity contribution in [3.63, 3.8) is 0 Å². The number of nitrogens with one attached hydrogen (secondary N) is 2. The van der Waals surface area contributed by atoms with E-state index in [-0.39, 0.29) is 0 Å². The minimum absolute atomic E-state index is 0.591. The monoisotopic (exact) mass is 334 g/mol. The van der Waals surface area contributed by atoms with Crippen molar-refractivity contribution in [2.24, 2.45) is 4.99 Å². The van der Waals surface area contributed by atoms with Crippen LogP contribution in [0.3, 0.4) is 0 Å². The zero-order valence-electron chi connectivity index (χ0n) is 15.4. The predicted octanol–water partition coefficient (Wildman–Crippen LogP) is 2.90. The van der Waals surface area contributed by atoms with Gasteiger partial charge in [-0.1, -0.05) is 46.0 Å². The van der Waals surface area contributed by atoms with Crippen molar-refractivity contribution < 1.29 is 0 Å². The van der Waals surface area contributed by atoms with Crippen LogP contribution in [0, 0.1) is 0 Å². The van der Waals surface area contributed by atoms with Crippen LogP contribution in [0.5, 0.6) is 0 Å². The second-order valence-electron chi connectivity index (χ2n) is 6.64. The SMILES string of the molecule is CCCCCCN=C(NCCn1cnnc1CC)NC1CCCC1. The summed E-state index contributed by atoms with van der Waals surface area (Å²) in [5, 5.41) is 15.2. The Balaban J connectivity index is 1.78. The molecule has 0 bridgehead atoms. The van der Waals surface area contributed by atoms with Crippen LogP contribution in [0.15, 0.2) is 11.3 Å². The predicted molar refractivity (Wildman–Crippen MR) is 99.2 cm³/mol. The van der Waals surface area contributed by atoms with Crippen molar-refractivity contribution in [3.8, 4) is 0 Å². The maximum absolute atomic E-state index is 4.77. The highest BCUT2D eigenvalue weighted by Crippen LogP contribution is 2.17. The third-order valence-corrected chi connectivity index (χ3v) is 4.63. The molecule has 24 heavy (non-hydrogen) atoms. The first-order valence-electron chi connectivity index (χ1n) is 9.75. The lowest BCUT2D eigenvalue weighted by atomic mass is 10.2. The first kappa shape index (κ1) is 18.7. The van der Waals surface area contributed by atoms with Crippen LogP contribution >= 0.6 is 0 Å². The van der Waals surface area contributed by atoms with Crippen LogP contribution in [0.25, 0.3) is 0 Å². The molecule has 1 aromatic heterocycles. The fourth-order valence-corrected chi connectivity index (χ4v) is 3.18. The molecule has 0 aliphatic heterocycles. The zero-order chi connectivity index (χ0) is 17.0. The normalized spacial score (nSPS) is 15.8. The second-order valence-corrected chi connectivity index (χ2v) is 6.64. The molecule has 1 aromatic rings. The summed E-state index contributed by atoms with van der Waals surface area (Å²) in [4.78, 5) is 4.77. The first-order chi connectivity index (χ1) is 11.8. The van der Waals surface area contributed by atoms with Crippen LogP contribution in [0.4, 0.5) is 0 Å². The van der Waals surface area contributed by atoms with Crippen LogP contribution in [0.1, 0.15) is 71.0 Å². The highest BCUT2D eigenvalue weighted by atomic mass is 15.3. The van der Waals surface area contributed by atoms with E-state index in [1.54, 1.807) is 0 Å². The molecule has 0 aromatic carbocycles. The molecule has 1 heterocycles. The third kappa shape index (κ3) is 6.49. The number of hydrogen-bond acceptors (Lipinski definition) is 3. The van der Waals surface area contributed by atoms with Gasteiger partial charge in [-0.2, -0.15) is 0 Å². The number of rotatable bonds is 10. The smallest absolute Gasteiger partial charge is 0.191 e. The van der Waals surface area contributed by atoms with Gasteiger partial charge in [-0.05, 0) is 19.3 Å². The summed E-state index contributed by atoms with van der Waals surface area (Å²) in [6.07, 6.45) is 13.0. The van der Waals surface area contributed by atoms with E-state index in [4.69, 9.17) is 4.99 Å².